The molecule has 0 bridgehead atoms. The summed E-state index contributed by atoms with van der Waals surface area (Å²) < 4.78 is 4.48. The molecule has 130 valence electrons. The van der Waals surface area contributed by atoms with Gasteiger partial charge in [0.1, 0.15) is 5.92 Å². The molecule has 7 nitrogen and oxygen atoms in total. The van der Waals surface area contributed by atoms with Crippen molar-refractivity contribution in [2.45, 2.75) is 6.42 Å². The van der Waals surface area contributed by atoms with Crippen LogP contribution in [-0.2, 0) is 20.7 Å². The number of rotatable bonds is 6. The van der Waals surface area contributed by atoms with E-state index in [0.717, 1.165) is 5.56 Å². The van der Waals surface area contributed by atoms with Crippen LogP contribution in [0.5, 0.6) is 0 Å². The quantitative estimate of drug-likeness (QED) is 0.700. The Kier molecular flexibility index (Phi) is 6.11. The molecular weight excluding hydrogens is 324 g/mol. The molecule has 0 fully saturated rings. The van der Waals surface area contributed by atoms with Gasteiger partial charge in [0.25, 0.3) is 0 Å². The van der Waals surface area contributed by atoms with Crippen LogP contribution in [0.1, 0.15) is 5.56 Å². The summed E-state index contributed by atoms with van der Waals surface area (Å²) >= 11 is 0. The fraction of sp³-hybridized carbons (Fsp3) is 0.167. The maximum atomic E-state index is 12.3. The van der Waals surface area contributed by atoms with E-state index in [1.54, 1.807) is 48.5 Å². The highest BCUT2D eigenvalue weighted by molar-refractivity contribution is 6.04. The zero-order chi connectivity index (χ0) is 18.2. The van der Waals surface area contributed by atoms with E-state index in [-0.39, 0.29) is 6.42 Å². The fourth-order valence-corrected chi connectivity index (χ4v) is 2.18. The number of nitrogens with one attached hydrogen (secondary N) is 2. The molecule has 0 saturated heterocycles. The number of hydrogen-bond donors (Lipinski definition) is 3. The van der Waals surface area contributed by atoms with E-state index in [4.69, 9.17) is 0 Å². The average Bonchev–Trinajstić information content (AvgIpc) is 2.61. The molecule has 2 aromatic rings. The number of aliphatic carboxylic acids is 1. The molecule has 3 N–H and O–H groups in total. The molecular formula is C18H18N2O5. The first-order valence-electron chi connectivity index (χ1n) is 7.52. The van der Waals surface area contributed by atoms with E-state index in [0.29, 0.717) is 11.4 Å². The van der Waals surface area contributed by atoms with Crippen molar-refractivity contribution in [1.29, 1.82) is 0 Å². The highest BCUT2D eigenvalue weighted by atomic mass is 16.5. The second kappa shape index (κ2) is 8.49. The van der Waals surface area contributed by atoms with Crippen molar-refractivity contribution in [1.82, 2.24) is 0 Å². The summed E-state index contributed by atoms with van der Waals surface area (Å²) in [6.45, 7) is 0. The summed E-state index contributed by atoms with van der Waals surface area (Å²) in [5, 5.41) is 14.4. The molecule has 0 aliphatic rings. The number of carbonyl (C=O) groups excluding carboxylic acids is 2. The van der Waals surface area contributed by atoms with Gasteiger partial charge >= 0.3 is 12.1 Å². The number of hydrogen-bond acceptors (Lipinski definition) is 4. The molecule has 0 aliphatic carbocycles. The maximum absolute atomic E-state index is 12.3. The topological polar surface area (TPSA) is 105 Å². The Morgan fingerprint density at radius 3 is 2.04 bits per heavy atom. The molecule has 25 heavy (non-hydrogen) atoms. The number of methoxy groups -OCH3 is 1. The third-order valence-electron chi connectivity index (χ3n) is 3.48. The smallest absolute Gasteiger partial charge is 0.411 e. The SMILES string of the molecule is COC(=O)Nc1ccc(NC(=O)C(Cc2ccccc2)C(=O)O)cc1. The Balaban J connectivity index is 2.03. The van der Waals surface area contributed by atoms with Crippen LogP contribution in [0.15, 0.2) is 54.6 Å². The molecule has 0 aliphatic heterocycles. The first kappa shape index (κ1) is 18.0. The highest BCUT2D eigenvalue weighted by Crippen LogP contribution is 2.16. The molecule has 0 aromatic heterocycles. The summed E-state index contributed by atoms with van der Waals surface area (Å²) in [6.07, 6.45) is -0.505. The number of amides is 2. The second-order valence-electron chi connectivity index (χ2n) is 5.26. The number of carboxylic acids is 1. The Labute approximate surface area is 144 Å². The van der Waals surface area contributed by atoms with Gasteiger partial charge in [-0.1, -0.05) is 30.3 Å². The average molecular weight is 342 g/mol. The number of anilines is 2. The molecule has 2 amide bonds. The molecule has 1 unspecified atom stereocenters. The minimum Gasteiger partial charge on any atom is -0.481 e. The van der Waals surface area contributed by atoms with Gasteiger partial charge < -0.3 is 15.2 Å². The molecule has 2 rings (SSSR count). The van der Waals surface area contributed by atoms with Crippen LogP contribution in [0.4, 0.5) is 16.2 Å². The summed E-state index contributed by atoms with van der Waals surface area (Å²) in [5.41, 5.74) is 1.69. The van der Waals surface area contributed by atoms with Gasteiger partial charge in [0.2, 0.25) is 5.91 Å². The van der Waals surface area contributed by atoms with Crippen molar-refractivity contribution >= 4 is 29.3 Å². The summed E-state index contributed by atoms with van der Waals surface area (Å²) in [5.74, 6) is -2.99. The van der Waals surface area contributed by atoms with Gasteiger partial charge in [-0.05, 0) is 36.2 Å². The highest BCUT2D eigenvalue weighted by Gasteiger charge is 2.26. The molecule has 0 spiro atoms. The normalized spacial score (nSPS) is 11.2. The van der Waals surface area contributed by atoms with E-state index < -0.39 is 23.9 Å². The number of ether oxygens (including phenoxy) is 1. The standard InChI is InChI=1S/C18H18N2O5/c1-25-18(24)20-14-9-7-13(8-10-14)19-16(21)15(17(22)23)11-12-5-3-2-4-6-12/h2-10,15H,11H2,1H3,(H,19,21)(H,20,24)(H,22,23). The van der Waals surface area contributed by atoms with Crippen LogP contribution in [0.3, 0.4) is 0 Å². The third-order valence-corrected chi connectivity index (χ3v) is 3.48. The third kappa shape index (κ3) is 5.35. The van der Waals surface area contributed by atoms with Gasteiger partial charge in [-0.3, -0.25) is 14.9 Å². The first-order chi connectivity index (χ1) is 12.0. The number of carboxylic acid groups (broad SMARTS) is 1. The van der Waals surface area contributed by atoms with E-state index in [1.165, 1.54) is 7.11 Å². The lowest BCUT2D eigenvalue weighted by Crippen LogP contribution is -2.31. The van der Waals surface area contributed by atoms with E-state index in [2.05, 4.69) is 15.4 Å². The van der Waals surface area contributed by atoms with Crippen molar-refractivity contribution in [3.8, 4) is 0 Å². The van der Waals surface area contributed by atoms with Crippen molar-refractivity contribution in [2.75, 3.05) is 17.7 Å². The van der Waals surface area contributed by atoms with Crippen molar-refractivity contribution in [3.05, 3.63) is 60.2 Å². The van der Waals surface area contributed by atoms with Crippen LogP contribution in [0, 0.1) is 5.92 Å². The lowest BCUT2D eigenvalue weighted by molar-refractivity contribution is -0.145. The molecule has 1 atom stereocenters. The second-order valence-corrected chi connectivity index (χ2v) is 5.26. The fourth-order valence-electron chi connectivity index (χ4n) is 2.18. The lowest BCUT2D eigenvalue weighted by atomic mass is 9.98. The largest absolute Gasteiger partial charge is 0.481 e. The maximum Gasteiger partial charge on any atom is 0.411 e. The zero-order valence-corrected chi connectivity index (χ0v) is 13.6. The van der Waals surface area contributed by atoms with Gasteiger partial charge in [0.15, 0.2) is 0 Å². The molecule has 0 heterocycles. The van der Waals surface area contributed by atoms with Crippen LogP contribution < -0.4 is 10.6 Å². The van der Waals surface area contributed by atoms with Crippen molar-refractivity contribution < 1.29 is 24.2 Å². The van der Waals surface area contributed by atoms with Crippen LogP contribution in [-0.4, -0.2) is 30.2 Å². The van der Waals surface area contributed by atoms with Gasteiger partial charge in [-0.25, -0.2) is 4.79 Å². The molecule has 2 aromatic carbocycles. The van der Waals surface area contributed by atoms with Crippen LogP contribution >= 0.6 is 0 Å². The predicted molar refractivity (Wildman–Crippen MR) is 92.4 cm³/mol. The monoisotopic (exact) mass is 342 g/mol. The predicted octanol–water partition coefficient (Wildman–Crippen LogP) is 2.75. The molecule has 7 heteroatoms. The van der Waals surface area contributed by atoms with E-state index in [9.17, 15) is 19.5 Å². The van der Waals surface area contributed by atoms with Crippen LogP contribution in [0.2, 0.25) is 0 Å². The minimum absolute atomic E-state index is 0.101. The van der Waals surface area contributed by atoms with E-state index in [1.807, 2.05) is 6.07 Å². The summed E-state index contributed by atoms with van der Waals surface area (Å²) in [6, 6.07) is 15.2. The Hall–Kier alpha value is -3.35. The van der Waals surface area contributed by atoms with Crippen molar-refractivity contribution in [2.24, 2.45) is 5.92 Å². The molecule has 0 saturated carbocycles. The summed E-state index contributed by atoms with van der Waals surface area (Å²) in [4.78, 5) is 34.8. The lowest BCUT2D eigenvalue weighted by Gasteiger charge is -2.13. The van der Waals surface area contributed by atoms with Gasteiger partial charge in [0.05, 0.1) is 7.11 Å². The first-order valence-corrected chi connectivity index (χ1v) is 7.52. The Morgan fingerprint density at radius 2 is 1.52 bits per heavy atom. The van der Waals surface area contributed by atoms with Gasteiger partial charge in [-0.15, -0.1) is 0 Å². The van der Waals surface area contributed by atoms with Crippen molar-refractivity contribution in [3.63, 3.8) is 0 Å². The van der Waals surface area contributed by atoms with Crippen LogP contribution in [0.25, 0.3) is 0 Å². The van der Waals surface area contributed by atoms with Gasteiger partial charge in [0, 0.05) is 11.4 Å². The number of carbonyl (C=O) groups is 3. The summed E-state index contributed by atoms with van der Waals surface area (Å²) in [7, 11) is 1.25. The van der Waals surface area contributed by atoms with E-state index >= 15 is 0 Å². The van der Waals surface area contributed by atoms with Gasteiger partial charge in [-0.2, -0.15) is 0 Å². The Morgan fingerprint density at radius 1 is 0.960 bits per heavy atom. The Bertz CT molecular complexity index is 744. The zero-order valence-electron chi connectivity index (χ0n) is 13.6. The molecule has 0 radical (unpaired) electrons. The number of benzene rings is 2. The minimum atomic E-state index is -1.20.